The molecule has 1 rings (SSSR count). The maximum absolute atomic E-state index is 10.3. The zero-order valence-corrected chi connectivity index (χ0v) is 10.2. The Kier molecular flexibility index (Phi) is 6.42. The number of carboxylic acid groups (broad SMARTS) is 1. The third kappa shape index (κ3) is 6.08. The summed E-state index contributed by atoms with van der Waals surface area (Å²) in [5.41, 5.74) is 0. The first-order valence-electron chi connectivity index (χ1n) is 6.20. The van der Waals surface area contributed by atoms with Crippen LogP contribution in [-0.2, 0) is 9.53 Å². The highest BCUT2D eigenvalue weighted by atomic mass is 16.5. The molecule has 16 heavy (non-hydrogen) atoms. The average molecular weight is 229 g/mol. The van der Waals surface area contributed by atoms with Crippen molar-refractivity contribution in [3.63, 3.8) is 0 Å². The molecule has 1 N–H and O–H groups in total. The van der Waals surface area contributed by atoms with Crippen molar-refractivity contribution >= 4 is 5.97 Å². The topological polar surface area (TPSA) is 49.8 Å². The second-order valence-corrected chi connectivity index (χ2v) is 4.60. The lowest BCUT2D eigenvalue weighted by Crippen LogP contribution is -2.29. The Morgan fingerprint density at radius 1 is 1.44 bits per heavy atom. The predicted molar refractivity (Wildman–Crippen MR) is 62.6 cm³/mol. The van der Waals surface area contributed by atoms with Crippen LogP contribution in [-0.4, -0.2) is 48.8 Å². The first kappa shape index (κ1) is 13.5. The van der Waals surface area contributed by atoms with E-state index in [0.29, 0.717) is 12.5 Å². The lowest BCUT2D eigenvalue weighted by atomic mass is 10.2. The molecular weight excluding hydrogens is 206 g/mol. The Hall–Kier alpha value is -0.610. The molecule has 1 atom stereocenters. The van der Waals surface area contributed by atoms with Gasteiger partial charge in [0.25, 0.3) is 0 Å². The van der Waals surface area contributed by atoms with E-state index < -0.39 is 5.97 Å². The fraction of sp³-hybridized carbons (Fsp3) is 0.917. The number of nitrogens with zero attached hydrogens (tertiary/aromatic N) is 1. The van der Waals surface area contributed by atoms with Crippen LogP contribution in [0.3, 0.4) is 0 Å². The monoisotopic (exact) mass is 229 g/mol. The summed E-state index contributed by atoms with van der Waals surface area (Å²) in [6.45, 7) is 2.97. The van der Waals surface area contributed by atoms with E-state index in [-0.39, 0.29) is 0 Å². The molecule has 0 aromatic rings. The van der Waals surface area contributed by atoms with E-state index >= 15 is 0 Å². The molecule has 1 aliphatic rings. The van der Waals surface area contributed by atoms with Gasteiger partial charge in [-0.1, -0.05) is 6.42 Å². The molecule has 0 aromatic carbocycles. The van der Waals surface area contributed by atoms with Crippen molar-refractivity contribution < 1.29 is 14.6 Å². The third-order valence-corrected chi connectivity index (χ3v) is 2.97. The van der Waals surface area contributed by atoms with Gasteiger partial charge in [-0.15, -0.1) is 0 Å². The van der Waals surface area contributed by atoms with Crippen molar-refractivity contribution in [3.8, 4) is 0 Å². The molecular formula is C12H23NO3. The molecule has 1 fully saturated rings. The van der Waals surface area contributed by atoms with Crippen LogP contribution in [0.2, 0.25) is 0 Å². The van der Waals surface area contributed by atoms with E-state index in [2.05, 4.69) is 11.9 Å². The van der Waals surface area contributed by atoms with Crippen LogP contribution in [0.5, 0.6) is 0 Å². The van der Waals surface area contributed by atoms with Gasteiger partial charge in [-0.2, -0.15) is 0 Å². The predicted octanol–water partition coefficient (Wildman–Crippen LogP) is 1.74. The summed E-state index contributed by atoms with van der Waals surface area (Å²) in [5.74, 6) is -0.687. The molecule has 0 radical (unpaired) electrons. The first-order valence-corrected chi connectivity index (χ1v) is 6.20. The maximum Gasteiger partial charge on any atom is 0.303 e. The number of rotatable bonds is 8. The van der Waals surface area contributed by atoms with Crippen molar-refractivity contribution in [1.29, 1.82) is 0 Å². The van der Waals surface area contributed by atoms with E-state index in [1.165, 1.54) is 12.8 Å². The molecule has 0 amide bonds. The highest BCUT2D eigenvalue weighted by molar-refractivity contribution is 5.66. The van der Waals surface area contributed by atoms with E-state index in [4.69, 9.17) is 9.84 Å². The molecule has 0 aromatic heterocycles. The van der Waals surface area contributed by atoms with Crippen LogP contribution >= 0.6 is 0 Å². The Labute approximate surface area is 97.6 Å². The van der Waals surface area contributed by atoms with Gasteiger partial charge >= 0.3 is 5.97 Å². The first-order chi connectivity index (χ1) is 7.68. The highest BCUT2D eigenvalue weighted by Gasteiger charge is 2.16. The third-order valence-electron chi connectivity index (χ3n) is 2.97. The number of carbonyl (C=O) groups is 1. The molecule has 0 saturated carbocycles. The van der Waals surface area contributed by atoms with Crippen LogP contribution in [0.4, 0.5) is 0 Å². The van der Waals surface area contributed by atoms with Crippen LogP contribution < -0.4 is 0 Å². The fourth-order valence-electron chi connectivity index (χ4n) is 2.06. The molecule has 1 aliphatic heterocycles. The molecule has 4 heteroatoms. The van der Waals surface area contributed by atoms with Crippen molar-refractivity contribution in [2.45, 2.75) is 44.6 Å². The van der Waals surface area contributed by atoms with Crippen molar-refractivity contribution in [2.75, 3.05) is 26.7 Å². The zero-order valence-electron chi connectivity index (χ0n) is 10.2. The summed E-state index contributed by atoms with van der Waals surface area (Å²) in [4.78, 5) is 12.6. The number of hydrogen-bond acceptors (Lipinski definition) is 3. The fourth-order valence-corrected chi connectivity index (χ4v) is 2.06. The minimum absolute atomic E-state index is 0.301. The van der Waals surface area contributed by atoms with Gasteiger partial charge in [-0.25, -0.2) is 0 Å². The van der Waals surface area contributed by atoms with Crippen LogP contribution in [0.1, 0.15) is 38.5 Å². The molecule has 0 aliphatic carbocycles. The zero-order chi connectivity index (χ0) is 11.8. The summed E-state index contributed by atoms with van der Waals surface area (Å²) < 4.78 is 5.56. The Bertz CT molecular complexity index is 202. The normalized spacial score (nSPS) is 20.5. The van der Waals surface area contributed by atoms with E-state index in [1.807, 2.05) is 0 Å². The minimum atomic E-state index is -0.687. The Morgan fingerprint density at radius 2 is 2.25 bits per heavy atom. The van der Waals surface area contributed by atoms with Gasteiger partial charge in [-0.05, 0) is 39.3 Å². The number of aliphatic carboxylic acids is 1. The number of carboxylic acids is 1. The van der Waals surface area contributed by atoms with Gasteiger partial charge in [0.1, 0.15) is 0 Å². The Morgan fingerprint density at radius 3 is 2.88 bits per heavy atom. The van der Waals surface area contributed by atoms with E-state index in [0.717, 1.165) is 39.0 Å². The molecule has 94 valence electrons. The van der Waals surface area contributed by atoms with Crippen molar-refractivity contribution in [3.05, 3.63) is 0 Å². The SMILES string of the molecule is CN(CCCCCC(=O)O)CC1CCCO1. The van der Waals surface area contributed by atoms with Gasteiger partial charge in [0.05, 0.1) is 6.10 Å². The standard InChI is InChI=1S/C12H23NO3/c1-13(10-11-6-5-9-16-11)8-4-2-3-7-12(14)15/h11H,2-10H2,1H3,(H,14,15). The quantitative estimate of drug-likeness (QED) is 0.644. The molecule has 1 unspecified atom stereocenters. The number of unbranched alkanes of at least 4 members (excludes halogenated alkanes) is 2. The number of likely N-dealkylation sites (N-methyl/N-ethyl adjacent to an activating group) is 1. The van der Waals surface area contributed by atoms with Gasteiger partial charge in [0.2, 0.25) is 0 Å². The smallest absolute Gasteiger partial charge is 0.303 e. The van der Waals surface area contributed by atoms with Crippen molar-refractivity contribution in [1.82, 2.24) is 4.90 Å². The average Bonchev–Trinajstić information content (AvgIpc) is 2.69. The highest BCUT2D eigenvalue weighted by Crippen LogP contribution is 2.13. The van der Waals surface area contributed by atoms with Gasteiger partial charge in [-0.3, -0.25) is 4.79 Å². The van der Waals surface area contributed by atoms with Gasteiger partial charge in [0, 0.05) is 19.6 Å². The van der Waals surface area contributed by atoms with Crippen LogP contribution in [0.25, 0.3) is 0 Å². The largest absolute Gasteiger partial charge is 0.481 e. The lowest BCUT2D eigenvalue weighted by Gasteiger charge is -2.20. The second-order valence-electron chi connectivity index (χ2n) is 4.60. The molecule has 1 heterocycles. The van der Waals surface area contributed by atoms with Gasteiger partial charge < -0.3 is 14.7 Å². The number of hydrogen-bond donors (Lipinski definition) is 1. The molecule has 0 spiro atoms. The minimum Gasteiger partial charge on any atom is -0.481 e. The van der Waals surface area contributed by atoms with Crippen LogP contribution in [0.15, 0.2) is 0 Å². The summed E-state index contributed by atoms with van der Waals surface area (Å²) in [5, 5.41) is 8.48. The second kappa shape index (κ2) is 7.63. The molecule has 1 saturated heterocycles. The summed E-state index contributed by atoms with van der Waals surface area (Å²) in [7, 11) is 2.11. The van der Waals surface area contributed by atoms with E-state index in [9.17, 15) is 4.79 Å². The maximum atomic E-state index is 10.3. The van der Waals surface area contributed by atoms with Crippen LogP contribution in [0, 0.1) is 0 Å². The summed E-state index contributed by atoms with van der Waals surface area (Å²) >= 11 is 0. The summed E-state index contributed by atoms with van der Waals surface area (Å²) in [6.07, 6.45) is 5.97. The van der Waals surface area contributed by atoms with Crippen molar-refractivity contribution in [2.24, 2.45) is 0 Å². The lowest BCUT2D eigenvalue weighted by molar-refractivity contribution is -0.137. The summed E-state index contributed by atoms with van der Waals surface area (Å²) in [6, 6.07) is 0. The molecule has 4 nitrogen and oxygen atoms in total. The van der Waals surface area contributed by atoms with E-state index in [1.54, 1.807) is 0 Å². The number of ether oxygens (including phenoxy) is 1. The van der Waals surface area contributed by atoms with Gasteiger partial charge in [0.15, 0.2) is 0 Å². The Balaban J connectivity index is 1.93. The molecule has 0 bridgehead atoms.